The topological polar surface area (TPSA) is 143 Å². The van der Waals surface area contributed by atoms with Crippen molar-refractivity contribution < 1.29 is 22.6 Å². The second kappa shape index (κ2) is 9.98. The molecule has 2 N–H and O–H groups in total. The Labute approximate surface area is 184 Å². The highest BCUT2D eigenvalue weighted by molar-refractivity contribution is 7.85. The predicted octanol–water partition coefficient (Wildman–Crippen LogP) is 5.48. The van der Waals surface area contributed by atoms with Crippen LogP contribution in [0.1, 0.15) is 13.3 Å². The normalized spacial score (nSPS) is 12.4. The monoisotopic (exact) mass is 456 g/mol. The summed E-state index contributed by atoms with van der Waals surface area (Å²) in [6.45, 7) is 1.93. The van der Waals surface area contributed by atoms with Crippen molar-refractivity contribution in [3.05, 3.63) is 82.9 Å². The molecule has 0 aromatic heterocycles. The minimum atomic E-state index is -4.24. The largest absolute Gasteiger partial charge is 0.471 e. The van der Waals surface area contributed by atoms with Gasteiger partial charge in [0.1, 0.15) is 5.75 Å². The third kappa shape index (κ3) is 6.33. The van der Waals surface area contributed by atoms with Crippen LogP contribution in [0.3, 0.4) is 0 Å². The molecule has 0 radical (unpaired) electrons. The van der Waals surface area contributed by atoms with Crippen molar-refractivity contribution in [2.75, 3.05) is 5.32 Å². The summed E-state index contributed by atoms with van der Waals surface area (Å²) in [7, 11) is -4.24. The number of nitro benzene ring substituents is 1. The molecule has 0 aliphatic rings. The van der Waals surface area contributed by atoms with E-state index >= 15 is 0 Å². The van der Waals surface area contributed by atoms with Gasteiger partial charge >= 0.3 is 0 Å². The smallest absolute Gasteiger partial charge is 0.294 e. The Balaban J connectivity index is 1.60. The molecule has 0 aliphatic carbocycles. The zero-order valence-corrected chi connectivity index (χ0v) is 17.8. The third-order valence-corrected chi connectivity index (χ3v) is 5.18. The van der Waals surface area contributed by atoms with Crippen LogP contribution in [-0.4, -0.2) is 24.1 Å². The van der Waals surface area contributed by atoms with Gasteiger partial charge in [-0.3, -0.25) is 14.7 Å². The maximum Gasteiger partial charge on any atom is 0.294 e. The average Bonchev–Trinajstić information content (AvgIpc) is 2.78. The summed E-state index contributed by atoms with van der Waals surface area (Å²) < 4.78 is 37.2. The van der Waals surface area contributed by atoms with Crippen LogP contribution in [0.15, 0.2) is 87.9 Å². The molecule has 0 saturated carbocycles. The number of nitrogens with zero attached hydrogens (tertiary/aromatic N) is 3. The van der Waals surface area contributed by atoms with Crippen LogP contribution in [0.25, 0.3) is 0 Å². The van der Waals surface area contributed by atoms with E-state index in [9.17, 15) is 18.5 Å². The van der Waals surface area contributed by atoms with Gasteiger partial charge in [-0.25, -0.2) is 0 Å². The number of nitrogens with one attached hydrogen (secondary N) is 1. The molecule has 10 nitrogen and oxygen atoms in total. The molecule has 0 saturated heterocycles. The van der Waals surface area contributed by atoms with Gasteiger partial charge in [-0.15, -0.1) is 0 Å². The minimum absolute atomic E-state index is 0.0149. The molecule has 0 bridgehead atoms. The lowest BCUT2D eigenvalue weighted by molar-refractivity contribution is -0.384. The molecule has 0 amide bonds. The zero-order chi connectivity index (χ0) is 23.1. The lowest BCUT2D eigenvalue weighted by Crippen LogP contribution is -2.25. The van der Waals surface area contributed by atoms with E-state index in [4.69, 9.17) is 9.29 Å². The molecule has 3 rings (SSSR count). The van der Waals surface area contributed by atoms with Gasteiger partial charge in [0.2, 0.25) is 0 Å². The van der Waals surface area contributed by atoms with Crippen LogP contribution >= 0.6 is 0 Å². The van der Waals surface area contributed by atoms with E-state index in [2.05, 4.69) is 15.5 Å². The van der Waals surface area contributed by atoms with Crippen molar-refractivity contribution in [2.45, 2.75) is 24.5 Å². The first-order chi connectivity index (χ1) is 15.2. The van der Waals surface area contributed by atoms with Crippen molar-refractivity contribution >= 4 is 32.9 Å². The quantitative estimate of drug-likeness (QED) is 0.142. The SMILES string of the molecule is CCC(Nc1ccc(S(=O)(=O)O)cc1)Oc1ccc(N=Nc2ccc([N+](=O)[O-])cc2)cc1. The number of anilines is 1. The maximum absolute atomic E-state index is 11.1. The summed E-state index contributed by atoms with van der Waals surface area (Å²) in [4.78, 5) is 10.0. The molecule has 0 aliphatic heterocycles. The molecular formula is C21H20N4O6S. The van der Waals surface area contributed by atoms with E-state index in [1.54, 1.807) is 24.3 Å². The van der Waals surface area contributed by atoms with Crippen LogP contribution in [-0.2, 0) is 10.1 Å². The highest BCUT2D eigenvalue weighted by Crippen LogP contribution is 2.24. The first-order valence-corrected chi connectivity index (χ1v) is 11.0. The van der Waals surface area contributed by atoms with Gasteiger partial charge in [0.05, 0.1) is 21.2 Å². The fourth-order valence-electron chi connectivity index (χ4n) is 2.64. The number of hydrogen-bond acceptors (Lipinski definition) is 8. The third-order valence-electron chi connectivity index (χ3n) is 4.31. The zero-order valence-electron chi connectivity index (χ0n) is 17.0. The minimum Gasteiger partial charge on any atom is -0.471 e. The van der Waals surface area contributed by atoms with Gasteiger partial charge in [0.15, 0.2) is 6.23 Å². The Morgan fingerprint density at radius 2 is 1.50 bits per heavy atom. The summed E-state index contributed by atoms with van der Waals surface area (Å²) in [5, 5.41) is 22.0. The Hall–Kier alpha value is -3.83. The number of ether oxygens (including phenoxy) is 1. The van der Waals surface area contributed by atoms with Gasteiger partial charge in [-0.05, 0) is 60.7 Å². The summed E-state index contributed by atoms with van der Waals surface area (Å²) in [6.07, 6.45) is 0.251. The maximum atomic E-state index is 11.1. The Kier molecular flexibility index (Phi) is 7.13. The van der Waals surface area contributed by atoms with Gasteiger partial charge in [0, 0.05) is 24.2 Å². The van der Waals surface area contributed by atoms with E-state index in [1.165, 1.54) is 48.5 Å². The molecule has 1 unspecified atom stereocenters. The molecule has 32 heavy (non-hydrogen) atoms. The lowest BCUT2D eigenvalue weighted by Gasteiger charge is -2.20. The highest BCUT2D eigenvalue weighted by Gasteiger charge is 2.11. The number of nitro groups is 1. The van der Waals surface area contributed by atoms with Gasteiger partial charge in [-0.2, -0.15) is 18.6 Å². The van der Waals surface area contributed by atoms with E-state index in [-0.39, 0.29) is 16.8 Å². The second-order valence-corrected chi connectivity index (χ2v) is 8.05. The van der Waals surface area contributed by atoms with Crippen LogP contribution in [0.4, 0.5) is 22.7 Å². The second-order valence-electron chi connectivity index (χ2n) is 6.63. The Morgan fingerprint density at radius 3 is 1.97 bits per heavy atom. The fraction of sp³-hybridized carbons (Fsp3) is 0.143. The predicted molar refractivity (Wildman–Crippen MR) is 118 cm³/mol. The van der Waals surface area contributed by atoms with E-state index in [0.717, 1.165) is 0 Å². The van der Waals surface area contributed by atoms with E-state index in [1.807, 2.05) is 6.92 Å². The summed E-state index contributed by atoms with van der Waals surface area (Å²) >= 11 is 0. The molecule has 1 atom stereocenters. The average molecular weight is 456 g/mol. The van der Waals surface area contributed by atoms with E-state index < -0.39 is 15.0 Å². The van der Waals surface area contributed by atoms with Crippen molar-refractivity contribution in [1.82, 2.24) is 0 Å². The Morgan fingerprint density at radius 1 is 0.969 bits per heavy atom. The molecule has 11 heteroatoms. The number of rotatable bonds is 9. The van der Waals surface area contributed by atoms with Gasteiger partial charge in [-0.1, -0.05) is 6.92 Å². The van der Waals surface area contributed by atoms with Crippen LogP contribution < -0.4 is 10.1 Å². The molecule has 166 valence electrons. The number of benzene rings is 3. The van der Waals surface area contributed by atoms with Gasteiger partial charge < -0.3 is 10.1 Å². The summed E-state index contributed by atoms with van der Waals surface area (Å²) in [5.74, 6) is 0.591. The first-order valence-electron chi connectivity index (χ1n) is 9.51. The highest BCUT2D eigenvalue weighted by atomic mass is 32.2. The molecule has 3 aromatic rings. The summed E-state index contributed by atoms with van der Waals surface area (Å²) in [5.41, 5.74) is 1.69. The van der Waals surface area contributed by atoms with Crippen LogP contribution in [0.2, 0.25) is 0 Å². The number of hydrogen-bond donors (Lipinski definition) is 2. The van der Waals surface area contributed by atoms with Crippen molar-refractivity contribution in [1.29, 1.82) is 0 Å². The van der Waals surface area contributed by atoms with Crippen molar-refractivity contribution in [3.63, 3.8) is 0 Å². The fourth-order valence-corrected chi connectivity index (χ4v) is 3.12. The number of azo groups is 1. The Bertz CT molecular complexity index is 1190. The molecule has 3 aromatic carbocycles. The van der Waals surface area contributed by atoms with E-state index in [0.29, 0.717) is 29.2 Å². The molecule has 0 heterocycles. The van der Waals surface area contributed by atoms with Crippen molar-refractivity contribution in [2.24, 2.45) is 10.2 Å². The summed E-state index contributed by atoms with van der Waals surface area (Å²) in [6, 6.07) is 18.3. The van der Waals surface area contributed by atoms with Crippen molar-refractivity contribution in [3.8, 4) is 5.75 Å². The van der Waals surface area contributed by atoms with Crippen LogP contribution in [0, 0.1) is 10.1 Å². The number of non-ortho nitro benzene ring substituents is 1. The standard InChI is InChI=1S/C21H20N4O6S/c1-2-21(22-15-7-13-20(14-8-15)32(28,29)30)31-19-11-5-17(6-12-19)24-23-16-3-9-18(10-4-16)25(26)27/h3-14,21-22H,2H2,1H3,(H,28,29,30). The molecular weight excluding hydrogens is 436 g/mol. The lowest BCUT2D eigenvalue weighted by atomic mass is 10.3. The molecule has 0 spiro atoms. The molecule has 0 fully saturated rings. The van der Waals surface area contributed by atoms with Crippen LogP contribution in [0.5, 0.6) is 5.75 Å². The first kappa shape index (κ1) is 22.8. The van der Waals surface area contributed by atoms with Gasteiger partial charge in [0.25, 0.3) is 15.8 Å².